The van der Waals surface area contributed by atoms with Gasteiger partial charge in [-0.05, 0) is 48.7 Å². The van der Waals surface area contributed by atoms with E-state index in [0.717, 1.165) is 25.9 Å². The number of allylic oxidation sites excluding steroid dienone is 1. The number of nitrogens with zero attached hydrogens (tertiary/aromatic N) is 1. The molecule has 0 saturated carbocycles. The van der Waals surface area contributed by atoms with Gasteiger partial charge in [-0.15, -0.1) is 0 Å². The molecule has 0 saturated heterocycles. The van der Waals surface area contributed by atoms with Gasteiger partial charge in [-0.2, -0.15) is 0 Å². The summed E-state index contributed by atoms with van der Waals surface area (Å²) in [5, 5.41) is 0. The van der Waals surface area contributed by atoms with Gasteiger partial charge in [0.15, 0.2) is 0 Å². The SMILES string of the molecule is CN(CCCC=C(c1ccccc1)c1ccccc1)Cc1ccccc1. The highest BCUT2D eigenvalue weighted by molar-refractivity contribution is 5.79. The van der Waals surface area contributed by atoms with Crippen molar-refractivity contribution in [3.63, 3.8) is 0 Å². The van der Waals surface area contributed by atoms with Crippen molar-refractivity contribution in [2.75, 3.05) is 13.6 Å². The molecular weight excluding hydrogens is 314 g/mol. The normalized spacial score (nSPS) is 10.7. The molecule has 0 fully saturated rings. The van der Waals surface area contributed by atoms with E-state index < -0.39 is 0 Å². The van der Waals surface area contributed by atoms with Crippen LogP contribution in [-0.4, -0.2) is 18.5 Å². The first-order valence-electron chi connectivity index (χ1n) is 9.36. The van der Waals surface area contributed by atoms with E-state index in [1.54, 1.807) is 0 Å². The Morgan fingerprint density at radius 3 is 1.77 bits per heavy atom. The third-order valence-electron chi connectivity index (χ3n) is 4.56. The molecule has 0 unspecified atom stereocenters. The van der Waals surface area contributed by atoms with Crippen LogP contribution in [0, 0.1) is 0 Å². The van der Waals surface area contributed by atoms with Gasteiger partial charge in [0.1, 0.15) is 0 Å². The minimum Gasteiger partial charge on any atom is -0.302 e. The van der Waals surface area contributed by atoms with Gasteiger partial charge in [0.25, 0.3) is 0 Å². The predicted molar refractivity (Wildman–Crippen MR) is 112 cm³/mol. The second kappa shape index (κ2) is 9.74. The second-order valence-corrected chi connectivity index (χ2v) is 6.72. The van der Waals surface area contributed by atoms with Crippen molar-refractivity contribution in [3.8, 4) is 0 Å². The van der Waals surface area contributed by atoms with Gasteiger partial charge < -0.3 is 4.90 Å². The average molecular weight is 341 g/mol. The van der Waals surface area contributed by atoms with Gasteiger partial charge >= 0.3 is 0 Å². The first kappa shape index (κ1) is 18.2. The predicted octanol–water partition coefficient (Wildman–Crippen LogP) is 6.03. The maximum absolute atomic E-state index is 2.40. The Labute approximate surface area is 157 Å². The summed E-state index contributed by atoms with van der Waals surface area (Å²) in [4.78, 5) is 2.40. The van der Waals surface area contributed by atoms with Crippen LogP contribution in [0.4, 0.5) is 0 Å². The van der Waals surface area contributed by atoms with E-state index in [9.17, 15) is 0 Å². The monoisotopic (exact) mass is 341 g/mol. The first-order valence-corrected chi connectivity index (χ1v) is 9.36. The molecule has 0 atom stereocenters. The van der Waals surface area contributed by atoms with Gasteiger partial charge in [-0.1, -0.05) is 97.1 Å². The maximum Gasteiger partial charge on any atom is 0.0230 e. The fourth-order valence-corrected chi connectivity index (χ4v) is 3.22. The van der Waals surface area contributed by atoms with E-state index in [1.165, 1.54) is 22.3 Å². The Morgan fingerprint density at radius 1 is 0.731 bits per heavy atom. The molecule has 0 aliphatic rings. The molecule has 0 bridgehead atoms. The lowest BCUT2D eigenvalue weighted by Gasteiger charge is -2.16. The highest BCUT2D eigenvalue weighted by Gasteiger charge is 2.04. The number of hydrogen-bond acceptors (Lipinski definition) is 1. The van der Waals surface area contributed by atoms with Crippen LogP contribution < -0.4 is 0 Å². The minimum atomic E-state index is 1.01. The van der Waals surface area contributed by atoms with Crippen LogP contribution in [0.2, 0.25) is 0 Å². The molecule has 0 N–H and O–H groups in total. The number of unbranched alkanes of at least 4 members (excludes halogenated alkanes) is 1. The Kier molecular flexibility index (Phi) is 6.80. The van der Waals surface area contributed by atoms with E-state index in [1.807, 2.05) is 0 Å². The molecule has 3 aromatic rings. The van der Waals surface area contributed by atoms with E-state index >= 15 is 0 Å². The largest absolute Gasteiger partial charge is 0.302 e. The zero-order valence-electron chi connectivity index (χ0n) is 15.5. The third kappa shape index (κ3) is 5.44. The Morgan fingerprint density at radius 2 is 1.23 bits per heavy atom. The zero-order chi connectivity index (χ0) is 18.0. The second-order valence-electron chi connectivity index (χ2n) is 6.72. The van der Waals surface area contributed by atoms with Crippen LogP contribution in [-0.2, 0) is 6.54 Å². The molecule has 0 radical (unpaired) electrons. The molecule has 0 amide bonds. The van der Waals surface area contributed by atoms with Gasteiger partial charge in [0, 0.05) is 6.54 Å². The van der Waals surface area contributed by atoms with Crippen LogP contribution in [0.5, 0.6) is 0 Å². The highest BCUT2D eigenvalue weighted by atomic mass is 15.1. The van der Waals surface area contributed by atoms with Crippen molar-refractivity contribution in [1.82, 2.24) is 4.90 Å². The summed E-state index contributed by atoms with van der Waals surface area (Å²) in [5.41, 5.74) is 5.28. The summed E-state index contributed by atoms with van der Waals surface area (Å²) < 4.78 is 0. The van der Waals surface area contributed by atoms with Crippen molar-refractivity contribution in [3.05, 3.63) is 114 Å². The summed E-state index contributed by atoms with van der Waals surface area (Å²) >= 11 is 0. The van der Waals surface area contributed by atoms with E-state index in [-0.39, 0.29) is 0 Å². The van der Waals surface area contributed by atoms with E-state index in [0.29, 0.717) is 0 Å². The Balaban J connectivity index is 1.60. The Bertz CT molecular complexity index is 750. The summed E-state index contributed by atoms with van der Waals surface area (Å²) in [6.45, 7) is 2.11. The quantitative estimate of drug-likeness (QED) is 0.452. The number of rotatable bonds is 8. The molecule has 1 nitrogen and oxygen atoms in total. The van der Waals surface area contributed by atoms with Crippen LogP contribution in [0.25, 0.3) is 5.57 Å². The van der Waals surface area contributed by atoms with Gasteiger partial charge in [-0.25, -0.2) is 0 Å². The molecule has 0 aliphatic carbocycles. The number of hydrogen-bond donors (Lipinski definition) is 0. The fourth-order valence-electron chi connectivity index (χ4n) is 3.22. The highest BCUT2D eigenvalue weighted by Crippen LogP contribution is 2.24. The van der Waals surface area contributed by atoms with Crippen molar-refractivity contribution < 1.29 is 0 Å². The van der Waals surface area contributed by atoms with Crippen molar-refractivity contribution in [1.29, 1.82) is 0 Å². The topological polar surface area (TPSA) is 3.24 Å². The summed E-state index contributed by atoms with van der Waals surface area (Å²) in [6.07, 6.45) is 4.63. The lowest BCUT2D eigenvalue weighted by Crippen LogP contribution is -2.18. The lowest BCUT2D eigenvalue weighted by atomic mass is 9.96. The standard InChI is InChI=1S/C25H27N/c1-26(21-22-13-5-2-6-14-22)20-12-11-19-25(23-15-7-3-8-16-23)24-17-9-4-10-18-24/h2-10,13-19H,11-12,20-21H2,1H3. The maximum atomic E-state index is 2.40. The average Bonchev–Trinajstić information content (AvgIpc) is 2.70. The molecule has 3 rings (SSSR count). The fraction of sp³-hybridized carbons (Fsp3) is 0.200. The molecule has 3 aromatic carbocycles. The smallest absolute Gasteiger partial charge is 0.0230 e. The lowest BCUT2D eigenvalue weighted by molar-refractivity contribution is 0.323. The molecule has 0 aromatic heterocycles. The van der Waals surface area contributed by atoms with Crippen molar-refractivity contribution in [2.24, 2.45) is 0 Å². The van der Waals surface area contributed by atoms with Gasteiger partial charge in [-0.3, -0.25) is 0 Å². The minimum absolute atomic E-state index is 1.01. The van der Waals surface area contributed by atoms with Gasteiger partial charge in [0.2, 0.25) is 0 Å². The number of benzene rings is 3. The van der Waals surface area contributed by atoms with Crippen molar-refractivity contribution >= 4 is 5.57 Å². The van der Waals surface area contributed by atoms with E-state index in [4.69, 9.17) is 0 Å². The molecule has 1 heteroatoms. The first-order chi connectivity index (χ1) is 12.8. The third-order valence-corrected chi connectivity index (χ3v) is 4.56. The molecule has 0 spiro atoms. The van der Waals surface area contributed by atoms with Crippen LogP contribution in [0.3, 0.4) is 0 Å². The van der Waals surface area contributed by atoms with Crippen LogP contribution in [0.1, 0.15) is 29.5 Å². The summed E-state index contributed by atoms with van der Waals surface area (Å²) in [7, 11) is 2.20. The molecule has 26 heavy (non-hydrogen) atoms. The van der Waals surface area contributed by atoms with E-state index in [2.05, 4.69) is 109 Å². The van der Waals surface area contributed by atoms with Gasteiger partial charge in [0.05, 0.1) is 0 Å². The zero-order valence-corrected chi connectivity index (χ0v) is 15.5. The Hall–Kier alpha value is -2.64. The van der Waals surface area contributed by atoms with Crippen LogP contribution in [0.15, 0.2) is 97.1 Å². The summed E-state index contributed by atoms with van der Waals surface area (Å²) in [5.74, 6) is 0. The summed E-state index contributed by atoms with van der Waals surface area (Å²) in [6, 6.07) is 32.0. The molecule has 132 valence electrons. The van der Waals surface area contributed by atoms with Crippen LogP contribution >= 0.6 is 0 Å². The van der Waals surface area contributed by atoms with Crippen molar-refractivity contribution in [2.45, 2.75) is 19.4 Å². The molecular formula is C25H27N. The molecule has 0 aliphatic heterocycles. The molecule has 0 heterocycles.